The molecular weight excluding hydrogens is 272 g/mol. The summed E-state index contributed by atoms with van der Waals surface area (Å²) in [6, 6.07) is 6.08. The van der Waals surface area contributed by atoms with E-state index in [9.17, 15) is 14.7 Å². The number of hydrogen-bond donors (Lipinski definition) is 1. The molecule has 5 heteroatoms. The number of carbonyl (C=O) groups is 2. The van der Waals surface area contributed by atoms with Crippen molar-refractivity contribution in [1.82, 2.24) is 0 Å². The van der Waals surface area contributed by atoms with Crippen LogP contribution in [-0.4, -0.2) is 29.8 Å². The first-order valence-electron chi connectivity index (χ1n) is 6.44. The lowest BCUT2D eigenvalue weighted by Crippen LogP contribution is -2.26. The fourth-order valence-corrected chi connectivity index (χ4v) is 1.58. The lowest BCUT2D eigenvalue weighted by Gasteiger charge is -2.22. The number of methoxy groups -OCH3 is 1. The molecule has 114 valence electrons. The minimum atomic E-state index is -1.19. The van der Waals surface area contributed by atoms with Gasteiger partial charge in [-0.3, -0.25) is 0 Å². The number of rotatable bonds is 4. The van der Waals surface area contributed by atoms with Gasteiger partial charge < -0.3 is 14.6 Å². The van der Waals surface area contributed by atoms with Crippen molar-refractivity contribution in [2.75, 3.05) is 7.11 Å². The molecule has 0 saturated carbocycles. The number of esters is 2. The first kappa shape index (κ1) is 16.9. The molecule has 0 aliphatic carbocycles. The second kappa shape index (κ2) is 6.54. The summed E-state index contributed by atoms with van der Waals surface area (Å²) in [5.74, 6) is -1.13. The van der Waals surface area contributed by atoms with Crippen molar-refractivity contribution >= 4 is 11.9 Å². The third kappa shape index (κ3) is 4.72. The van der Waals surface area contributed by atoms with Crippen molar-refractivity contribution < 1.29 is 24.2 Å². The highest BCUT2D eigenvalue weighted by atomic mass is 16.6. The quantitative estimate of drug-likeness (QED) is 0.681. The van der Waals surface area contributed by atoms with E-state index >= 15 is 0 Å². The van der Waals surface area contributed by atoms with Gasteiger partial charge in [-0.25, -0.2) is 9.59 Å². The molecule has 0 spiro atoms. The number of hydrogen-bond acceptors (Lipinski definition) is 5. The van der Waals surface area contributed by atoms with Crippen LogP contribution < -0.4 is 0 Å². The lowest BCUT2D eigenvalue weighted by molar-refractivity contribution is -0.151. The highest BCUT2D eigenvalue weighted by molar-refractivity contribution is 5.90. The van der Waals surface area contributed by atoms with Gasteiger partial charge in [-0.15, -0.1) is 0 Å². The molecule has 0 bridgehead atoms. The van der Waals surface area contributed by atoms with Crippen LogP contribution in [-0.2, 0) is 14.3 Å². The zero-order chi connectivity index (χ0) is 16.2. The molecule has 1 rings (SSSR count). The van der Waals surface area contributed by atoms with Crippen LogP contribution in [0.4, 0.5) is 0 Å². The van der Waals surface area contributed by atoms with Crippen LogP contribution in [0.5, 0.6) is 0 Å². The summed E-state index contributed by atoms with van der Waals surface area (Å²) in [6.07, 6.45) is -1.19. The summed E-state index contributed by atoms with van der Waals surface area (Å²) in [4.78, 5) is 23.2. The second-order valence-corrected chi connectivity index (χ2v) is 5.54. The molecule has 1 N–H and O–H groups in total. The number of ether oxygens (including phenoxy) is 2. The molecular formula is C16H20O5. The Labute approximate surface area is 124 Å². The molecule has 5 nitrogen and oxygen atoms in total. The highest BCUT2D eigenvalue weighted by Gasteiger charge is 2.24. The molecule has 0 aromatic heterocycles. The Morgan fingerprint density at radius 1 is 1.19 bits per heavy atom. The van der Waals surface area contributed by atoms with Crippen LogP contribution in [0.15, 0.2) is 36.4 Å². The zero-order valence-electron chi connectivity index (χ0n) is 12.7. The molecule has 0 saturated heterocycles. The molecule has 0 fully saturated rings. The van der Waals surface area contributed by atoms with Gasteiger partial charge in [0.2, 0.25) is 0 Å². The summed E-state index contributed by atoms with van der Waals surface area (Å²) in [6.45, 7) is 8.77. The van der Waals surface area contributed by atoms with Crippen LogP contribution in [0.1, 0.15) is 42.8 Å². The second-order valence-electron chi connectivity index (χ2n) is 5.54. The molecule has 21 heavy (non-hydrogen) atoms. The molecule has 0 aliphatic rings. The molecule has 1 aromatic rings. The van der Waals surface area contributed by atoms with E-state index in [1.54, 1.807) is 20.8 Å². The smallest absolute Gasteiger partial charge is 0.337 e. The van der Waals surface area contributed by atoms with Crippen molar-refractivity contribution in [3.63, 3.8) is 0 Å². The minimum absolute atomic E-state index is 0.0595. The van der Waals surface area contributed by atoms with Gasteiger partial charge >= 0.3 is 11.9 Å². The van der Waals surface area contributed by atoms with Gasteiger partial charge in [0.25, 0.3) is 0 Å². The van der Waals surface area contributed by atoms with Gasteiger partial charge in [-0.2, -0.15) is 0 Å². The molecule has 0 amide bonds. The van der Waals surface area contributed by atoms with E-state index in [4.69, 9.17) is 4.74 Å². The van der Waals surface area contributed by atoms with E-state index in [2.05, 4.69) is 11.3 Å². The Hall–Kier alpha value is -2.14. The van der Waals surface area contributed by atoms with E-state index in [1.807, 2.05) is 0 Å². The molecule has 0 heterocycles. The Morgan fingerprint density at radius 3 is 2.14 bits per heavy atom. The number of aliphatic hydroxyl groups is 1. The topological polar surface area (TPSA) is 72.8 Å². The maximum atomic E-state index is 11.8. The zero-order valence-corrected chi connectivity index (χ0v) is 12.7. The minimum Gasteiger partial charge on any atom is -0.465 e. The SMILES string of the molecule is C=C(C(=O)OC(C)(C)C)C(O)c1ccc(C(=O)OC)cc1. The molecule has 0 radical (unpaired) electrons. The van der Waals surface area contributed by atoms with E-state index in [0.717, 1.165) is 0 Å². The fraction of sp³-hybridized carbons (Fsp3) is 0.375. The standard InChI is InChI=1S/C16H20O5/c1-10(14(18)21-16(2,3)4)13(17)11-6-8-12(9-7-11)15(19)20-5/h6-9,13,17H,1H2,2-5H3. The van der Waals surface area contributed by atoms with Crippen LogP contribution in [0.25, 0.3) is 0 Å². The van der Waals surface area contributed by atoms with Gasteiger partial charge in [-0.05, 0) is 38.5 Å². The Kier molecular flexibility index (Phi) is 5.27. The van der Waals surface area contributed by atoms with Crippen molar-refractivity contribution in [3.05, 3.63) is 47.5 Å². The van der Waals surface area contributed by atoms with E-state index < -0.39 is 23.6 Å². The van der Waals surface area contributed by atoms with Crippen LogP contribution in [0, 0.1) is 0 Å². The van der Waals surface area contributed by atoms with Crippen LogP contribution >= 0.6 is 0 Å². The van der Waals surface area contributed by atoms with Gasteiger partial charge in [0.05, 0.1) is 18.2 Å². The predicted octanol–water partition coefficient (Wildman–Crippen LogP) is 2.40. The average molecular weight is 292 g/mol. The van der Waals surface area contributed by atoms with Crippen molar-refractivity contribution in [1.29, 1.82) is 0 Å². The molecule has 1 atom stereocenters. The Morgan fingerprint density at radius 2 is 1.71 bits per heavy atom. The summed E-state index contributed by atoms with van der Waals surface area (Å²) in [5, 5.41) is 10.1. The van der Waals surface area contributed by atoms with Gasteiger partial charge in [-0.1, -0.05) is 18.7 Å². The van der Waals surface area contributed by atoms with Crippen LogP contribution in [0.3, 0.4) is 0 Å². The number of benzene rings is 1. The number of carbonyl (C=O) groups excluding carboxylic acids is 2. The van der Waals surface area contributed by atoms with E-state index in [0.29, 0.717) is 11.1 Å². The van der Waals surface area contributed by atoms with Gasteiger partial charge in [0.1, 0.15) is 11.7 Å². The fourth-order valence-electron chi connectivity index (χ4n) is 1.58. The maximum Gasteiger partial charge on any atom is 0.337 e. The van der Waals surface area contributed by atoms with Crippen LogP contribution in [0.2, 0.25) is 0 Å². The summed E-state index contributed by atoms with van der Waals surface area (Å²) < 4.78 is 9.73. The van der Waals surface area contributed by atoms with E-state index in [1.165, 1.54) is 31.4 Å². The van der Waals surface area contributed by atoms with Crippen molar-refractivity contribution in [2.45, 2.75) is 32.5 Å². The van der Waals surface area contributed by atoms with Crippen molar-refractivity contribution in [2.24, 2.45) is 0 Å². The third-order valence-electron chi connectivity index (χ3n) is 2.64. The summed E-state index contributed by atoms with van der Waals surface area (Å²) in [7, 11) is 1.29. The molecule has 0 aliphatic heterocycles. The van der Waals surface area contributed by atoms with Gasteiger partial charge in [0, 0.05) is 0 Å². The first-order chi connectivity index (χ1) is 9.65. The summed E-state index contributed by atoms with van der Waals surface area (Å²) >= 11 is 0. The summed E-state index contributed by atoms with van der Waals surface area (Å²) in [5.41, 5.74) is 0.0830. The lowest BCUT2D eigenvalue weighted by atomic mass is 10.0. The maximum absolute atomic E-state index is 11.8. The predicted molar refractivity (Wildman–Crippen MR) is 77.7 cm³/mol. The molecule has 1 aromatic carbocycles. The normalized spacial score (nSPS) is 12.4. The van der Waals surface area contributed by atoms with Gasteiger partial charge in [0.15, 0.2) is 0 Å². The van der Waals surface area contributed by atoms with E-state index in [-0.39, 0.29) is 5.57 Å². The average Bonchev–Trinajstić information content (AvgIpc) is 2.43. The number of aliphatic hydroxyl groups excluding tert-OH is 1. The Bertz CT molecular complexity index is 537. The highest BCUT2D eigenvalue weighted by Crippen LogP contribution is 2.23. The third-order valence-corrected chi connectivity index (χ3v) is 2.64. The van der Waals surface area contributed by atoms with Crippen molar-refractivity contribution in [3.8, 4) is 0 Å². The first-order valence-corrected chi connectivity index (χ1v) is 6.44. The molecule has 1 unspecified atom stereocenters. The largest absolute Gasteiger partial charge is 0.465 e. The monoisotopic (exact) mass is 292 g/mol. The Balaban J connectivity index is 2.83.